The molecule has 17 heavy (non-hydrogen) atoms. The summed E-state index contributed by atoms with van der Waals surface area (Å²) in [5, 5.41) is 14.8. The molecular weight excluding hydrogens is 222 g/mol. The Bertz CT molecular complexity index is 417. The zero-order valence-corrected chi connectivity index (χ0v) is 9.87. The van der Waals surface area contributed by atoms with Crippen molar-refractivity contribution in [2.75, 3.05) is 25.9 Å². The Morgan fingerprint density at radius 3 is 2.94 bits per heavy atom. The van der Waals surface area contributed by atoms with Crippen LogP contribution in [0.1, 0.15) is 25.3 Å². The van der Waals surface area contributed by atoms with E-state index in [4.69, 9.17) is 5.73 Å². The lowest BCUT2D eigenvalue weighted by atomic mass is 10.1. The SMILES string of the molecule is CN1CCCC(n2ncc([N+](=O)[O-])c2N)CC1. The average Bonchev–Trinajstić information content (AvgIpc) is 2.52. The molecule has 1 aliphatic rings. The van der Waals surface area contributed by atoms with Crippen molar-refractivity contribution in [2.45, 2.75) is 25.3 Å². The van der Waals surface area contributed by atoms with E-state index in [-0.39, 0.29) is 17.5 Å². The summed E-state index contributed by atoms with van der Waals surface area (Å²) in [6.45, 7) is 2.03. The normalized spacial score (nSPS) is 22.3. The lowest BCUT2D eigenvalue weighted by Gasteiger charge is -2.16. The molecule has 7 heteroatoms. The number of likely N-dealkylation sites (tertiary alicyclic amines) is 1. The van der Waals surface area contributed by atoms with E-state index in [1.54, 1.807) is 4.68 Å². The zero-order valence-electron chi connectivity index (χ0n) is 9.87. The van der Waals surface area contributed by atoms with Crippen molar-refractivity contribution in [1.82, 2.24) is 14.7 Å². The van der Waals surface area contributed by atoms with Crippen LogP contribution in [0.3, 0.4) is 0 Å². The maximum atomic E-state index is 10.7. The molecule has 0 amide bonds. The first-order chi connectivity index (χ1) is 8.09. The van der Waals surface area contributed by atoms with Crippen LogP contribution < -0.4 is 5.73 Å². The van der Waals surface area contributed by atoms with Gasteiger partial charge in [-0.1, -0.05) is 0 Å². The number of nitro groups is 1. The number of nitrogen functional groups attached to an aromatic ring is 1. The van der Waals surface area contributed by atoms with E-state index in [1.165, 1.54) is 6.20 Å². The van der Waals surface area contributed by atoms with Gasteiger partial charge in [-0.15, -0.1) is 0 Å². The standard InChI is InChI=1S/C10H17N5O2/c1-13-5-2-3-8(4-6-13)14-10(11)9(7-12-14)15(16)17/h7-8H,2-6,11H2,1H3. The monoisotopic (exact) mass is 239 g/mol. The Balaban J connectivity index is 2.19. The highest BCUT2D eigenvalue weighted by Crippen LogP contribution is 2.28. The van der Waals surface area contributed by atoms with Crippen LogP contribution >= 0.6 is 0 Å². The summed E-state index contributed by atoms with van der Waals surface area (Å²) in [7, 11) is 2.08. The zero-order chi connectivity index (χ0) is 12.4. The van der Waals surface area contributed by atoms with Crippen LogP contribution in [0.15, 0.2) is 6.20 Å². The fourth-order valence-corrected chi connectivity index (χ4v) is 2.26. The maximum Gasteiger partial charge on any atom is 0.330 e. The number of aromatic nitrogens is 2. The van der Waals surface area contributed by atoms with E-state index < -0.39 is 4.92 Å². The first-order valence-corrected chi connectivity index (χ1v) is 5.75. The molecule has 0 aromatic carbocycles. The van der Waals surface area contributed by atoms with E-state index in [2.05, 4.69) is 17.0 Å². The Hall–Kier alpha value is -1.63. The highest BCUT2D eigenvalue weighted by atomic mass is 16.6. The quantitative estimate of drug-likeness (QED) is 0.615. The molecule has 0 aliphatic carbocycles. The van der Waals surface area contributed by atoms with Gasteiger partial charge in [-0.3, -0.25) is 10.1 Å². The third kappa shape index (κ3) is 2.38. The van der Waals surface area contributed by atoms with Gasteiger partial charge < -0.3 is 10.6 Å². The van der Waals surface area contributed by atoms with Crippen molar-refractivity contribution < 1.29 is 4.92 Å². The Morgan fingerprint density at radius 2 is 2.29 bits per heavy atom. The Labute approximate surface area is 99.3 Å². The topological polar surface area (TPSA) is 90.2 Å². The maximum absolute atomic E-state index is 10.7. The predicted octanol–water partition coefficient (Wildman–Crippen LogP) is 1.03. The molecule has 0 saturated carbocycles. The van der Waals surface area contributed by atoms with Gasteiger partial charge in [0.2, 0.25) is 5.82 Å². The van der Waals surface area contributed by atoms with E-state index >= 15 is 0 Å². The number of anilines is 1. The van der Waals surface area contributed by atoms with Crippen LogP contribution in [0.5, 0.6) is 0 Å². The molecule has 1 saturated heterocycles. The number of hydrogen-bond donors (Lipinski definition) is 1. The fourth-order valence-electron chi connectivity index (χ4n) is 2.26. The van der Waals surface area contributed by atoms with Gasteiger partial charge >= 0.3 is 5.69 Å². The number of hydrogen-bond acceptors (Lipinski definition) is 5. The van der Waals surface area contributed by atoms with E-state index in [0.717, 1.165) is 32.4 Å². The third-order valence-electron chi connectivity index (χ3n) is 3.28. The lowest BCUT2D eigenvalue weighted by molar-refractivity contribution is -0.384. The summed E-state index contributed by atoms with van der Waals surface area (Å²) in [6, 6.07) is 0.175. The summed E-state index contributed by atoms with van der Waals surface area (Å²) >= 11 is 0. The molecule has 0 bridgehead atoms. The first-order valence-electron chi connectivity index (χ1n) is 5.75. The minimum absolute atomic E-state index is 0.0948. The number of nitrogens with two attached hydrogens (primary N) is 1. The van der Waals surface area contributed by atoms with Gasteiger partial charge in [-0.25, -0.2) is 4.68 Å². The van der Waals surface area contributed by atoms with Crippen molar-refractivity contribution in [3.8, 4) is 0 Å². The molecule has 1 fully saturated rings. The van der Waals surface area contributed by atoms with Crippen molar-refractivity contribution in [2.24, 2.45) is 0 Å². The van der Waals surface area contributed by atoms with Crippen LogP contribution in [0.4, 0.5) is 11.5 Å². The smallest absolute Gasteiger partial charge is 0.330 e. The first kappa shape index (κ1) is 11.8. The van der Waals surface area contributed by atoms with E-state index in [0.29, 0.717) is 0 Å². The molecule has 2 heterocycles. The van der Waals surface area contributed by atoms with Gasteiger partial charge in [0.25, 0.3) is 0 Å². The predicted molar refractivity (Wildman–Crippen MR) is 63.7 cm³/mol. The molecule has 1 aromatic heterocycles. The molecule has 0 radical (unpaired) electrons. The summed E-state index contributed by atoms with van der Waals surface area (Å²) < 4.78 is 1.61. The second kappa shape index (κ2) is 4.70. The minimum atomic E-state index is -0.484. The molecule has 2 rings (SSSR count). The number of nitrogens with zero attached hydrogens (tertiary/aromatic N) is 4. The van der Waals surface area contributed by atoms with Gasteiger partial charge in [-0.05, 0) is 39.4 Å². The van der Waals surface area contributed by atoms with Gasteiger partial charge in [0.15, 0.2) is 0 Å². The second-order valence-electron chi connectivity index (χ2n) is 4.50. The highest BCUT2D eigenvalue weighted by Gasteiger charge is 2.24. The Kier molecular flexibility index (Phi) is 3.28. The van der Waals surface area contributed by atoms with Crippen molar-refractivity contribution in [3.63, 3.8) is 0 Å². The minimum Gasteiger partial charge on any atom is -0.378 e. The molecule has 94 valence electrons. The second-order valence-corrected chi connectivity index (χ2v) is 4.50. The van der Waals surface area contributed by atoms with E-state index in [1.807, 2.05) is 0 Å². The molecule has 1 atom stereocenters. The largest absolute Gasteiger partial charge is 0.378 e. The number of rotatable bonds is 2. The summed E-state index contributed by atoms with van der Waals surface area (Å²) in [5.74, 6) is 0.171. The van der Waals surface area contributed by atoms with Crippen LogP contribution in [0, 0.1) is 10.1 Å². The Morgan fingerprint density at radius 1 is 1.53 bits per heavy atom. The summed E-state index contributed by atoms with van der Waals surface area (Å²) in [4.78, 5) is 12.5. The van der Waals surface area contributed by atoms with Gasteiger partial charge in [-0.2, -0.15) is 5.10 Å². The molecule has 7 nitrogen and oxygen atoms in total. The van der Waals surface area contributed by atoms with Gasteiger partial charge in [0.05, 0.1) is 11.0 Å². The van der Waals surface area contributed by atoms with Crippen LogP contribution in [-0.4, -0.2) is 39.7 Å². The van der Waals surface area contributed by atoms with Crippen molar-refractivity contribution in [3.05, 3.63) is 16.3 Å². The van der Waals surface area contributed by atoms with E-state index in [9.17, 15) is 10.1 Å². The molecule has 1 aromatic rings. The lowest BCUT2D eigenvalue weighted by Crippen LogP contribution is -2.20. The average molecular weight is 239 g/mol. The van der Waals surface area contributed by atoms with Crippen LogP contribution in [0.25, 0.3) is 0 Å². The van der Waals surface area contributed by atoms with Crippen molar-refractivity contribution >= 4 is 11.5 Å². The summed E-state index contributed by atoms with van der Waals surface area (Å²) in [6.07, 6.45) is 4.20. The highest BCUT2D eigenvalue weighted by molar-refractivity contribution is 5.51. The molecular formula is C10H17N5O2. The molecule has 2 N–H and O–H groups in total. The molecule has 1 unspecified atom stereocenters. The van der Waals surface area contributed by atoms with Gasteiger partial charge in [0, 0.05) is 0 Å². The fraction of sp³-hybridized carbons (Fsp3) is 0.700. The molecule has 0 spiro atoms. The van der Waals surface area contributed by atoms with Crippen molar-refractivity contribution in [1.29, 1.82) is 0 Å². The third-order valence-corrected chi connectivity index (χ3v) is 3.28. The molecule has 1 aliphatic heterocycles. The summed E-state index contributed by atoms with van der Waals surface area (Å²) in [5.41, 5.74) is 5.67. The van der Waals surface area contributed by atoms with Crippen LogP contribution in [-0.2, 0) is 0 Å². The van der Waals surface area contributed by atoms with Crippen LogP contribution in [0.2, 0.25) is 0 Å². The van der Waals surface area contributed by atoms with Gasteiger partial charge in [0.1, 0.15) is 6.20 Å².